The fourth-order valence-corrected chi connectivity index (χ4v) is 2.38. The first-order valence-electron chi connectivity index (χ1n) is 6.78. The summed E-state index contributed by atoms with van der Waals surface area (Å²) in [6.45, 7) is 2.04. The molecular weight excluding hydrogens is 262 g/mol. The van der Waals surface area contributed by atoms with Gasteiger partial charge in [-0.05, 0) is 48.9 Å². The Morgan fingerprint density at radius 1 is 1.10 bits per heavy atom. The van der Waals surface area contributed by atoms with Gasteiger partial charge in [0.05, 0.1) is 0 Å². The van der Waals surface area contributed by atoms with Gasteiger partial charge in [-0.2, -0.15) is 0 Å². The molecule has 21 heavy (non-hydrogen) atoms. The van der Waals surface area contributed by atoms with E-state index in [0.29, 0.717) is 11.6 Å². The topological polar surface area (TPSA) is 60.2 Å². The van der Waals surface area contributed by atoms with Crippen LogP contribution in [0.25, 0.3) is 10.8 Å². The lowest BCUT2D eigenvalue weighted by Crippen LogP contribution is -1.95. The maximum absolute atomic E-state index is 5.91. The maximum Gasteiger partial charge on any atom is 0.227 e. The zero-order valence-electron chi connectivity index (χ0n) is 12.1. The fraction of sp³-hybridized carbons (Fsp3) is 0.118. The summed E-state index contributed by atoms with van der Waals surface area (Å²) in [6, 6.07) is 13.3. The summed E-state index contributed by atoms with van der Waals surface area (Å²) in [5.41, 5.74) is 8.57. The SMILES string of the molecule is CNc1cccc2c(Oc3ccc(N)cc3)ncc(C)c12. The molecule has 106 valence electrons. The molecule has 0 unspecified atom stereocenters. The molecular formula is C17H17N3O. The van der Waals surface area contributed by atoms with Crippen LogP contribution in [0.5, 0.6) is 11.6 Å². The number of nitrogens with two attached hydrogens (primary N) is 1. The average molecular weight is 279 g/mol. The Hall–Kier alpha value is -2.75. The summed E-state index contributed by atoms with van der Waals surface area (Å²) < 4.78 is 5.91. The Morgan fingerprint density at radius 2 is 1.86 bits per heavy atom. The van der Waals surface area contributed by atoms with Crippen molar-refractivity contribution < 1.29 is 4.74 Å². The molecule has 0 radical (unpaired) electrons. The molecule has 0 spiro atoms. The number of hydrogen-bond donors (Lipinski definition) is 2. The van der Waals surface area contributed by atoms with Gasteiger partial charge >= 0.3 is 0 Å². The third-order valence-corrected chi connectivity index (χ3v) is 3.43. The quantitative estimate of drug-likeness (QED) is 0.712. The van der Waals surface area contributed by atoms with E-state index in [1.807, 2.05) is 62.6 Å². The summed E-state index contributed by atoms with van der Waals surface area (Å²) in [5.74, 6) is 1.31. The van der Waals surface area contributed by atoms with E-state index in [9.17, 15) is 0 Å². The number of benzene rings is 2. The van der Waals surface area contributed by atoms with Gasteiger partial charge in [-0.25, -0.2) is 4.98 Å². The van der Waals surface area contributed by atoms with Gasteiger partial charge in [0.15, 0.2) is 0 Å². The van der Waals surface area contributed by atoms with E-state index in [2.05, 4.69) is 10.3 Å². The van der Waals surface area contributed by atoms with Crippen LogP contribution < -0.4 is 15.8 Å². The number of aryl methyl sites for hydroxylation is 1. The van der Waals surface area contributed by atoms with Crippen molar-refractivity contribution in [2.24, 2.45) is 0 Å². The Kier molecular flexibility index (Phi) is 3.36. The van der Waals surface area contributed by atoms with Crippen LogP contribution in [0.15, 0.2) is 48.7 Å². The Bertz CT molecular complexity index is 782. The predicted molar refractivity (Wildman–Crippen MR) is 87.0 cm³/mol. The zero-order valence-corrected chi connectivity index (χ0v) is 12.1. The fourth-order valence-electron chi connectivity index (χ4n) is 2.38. The van der Waals surface area contributed by atoms with Gasteiger partial charge in [0.1, 0.15) is 5.75 Å². The zero-order chi connectivity index (χ0) is 14.8. The Labute approximate surface area is 123 Å². The molecule has 3 aromatic rings. The first-order valence-corrected chi connectivity index (χ1v) is 6.78. The van der Waals surface area contributed by atoms with Crippen LogP contribution in [0.1, 0.15) is 5.56 Å². The second-order valence-corrected chi connectivity index (χ2v) is 4.90. The van der Waals surface area contributed by atoms with Crippen molar-refractivity contribution in [1.29, 1.82) is 0 Å². The normalized spacial score (nSPS) is 10.6. The highest BCUT2D eigenvalue weighted by atomic mass is 16.5. The van der Waals surface area contributed by atoms with E-state index in [0.717, 1.165) is 27.8 Å². The number of fused-ring (bicyclic) bond motifs is 1. The van der Waals surface area contributed by atoms with Crippen LogP contribution >= 0.6 is 0 Å². The number of pyridine rings is 1. The molecule has 0 amide bonds. The first-order chi connectivity index (χ1) is 10.2. The number of nitrogen functional groups attached to an aromatic ring is 1. The molecule has 0 bridgehead atoms. The summed E-state index contributed by atoms with van der Waals surface area (Å²) in [6.07, 6.45) is 1.83. The molecule has 0 fully saturated rings. The third-order valence-electron chi connectivity index (χ3n) is 3.43. The van der Waals surface area contributed by atoms with Gasteiger partial charge in [0, 0.05) is 35.4 Å². The van der Waals surface area contributed by atoms with Crippen molar-refractivity contribution >= 4 is 22.1 Å². The molecule has 3 N–H and O–H groups in total. The Balaban J connectivity index is 2.11. The van der Waals surface area contributed by atoms with Crippen LogP contribution in [0.2, 0.25) is 0 Å². The molecule has 4 heteroatoms. The van der Waals surface area contributed by atoms with E-state index in [4.69, 9.17) is 10.5 Å². The second-order valence-electron chi connectivity index (χ2n) is 4.90. The number of hydrogen-bond acceptors (Lipinski definition) is 4. The van der Waals surface area contributed by atoms with Crippen molar-refractivity contribution in [2.75, 3.05) is 18.1 Å². The van der Waals surface area contributed by atoms with E-state index in [1.165, 1.54) is 0 Å². The van der Waals surface area contributed by atoms with Crippen molar-refractivity contribution in [3.63, 3.8) is 0 Å². The van der Waals surface area contributed by atoms with Gasteiger partial charge < -0.3 is 15.8 Å². The van der Waals surface area contributed by atoms with E-state index in [-0.39, 0.29) is 0 Å². The number of anilines is 2. The number of nitrogens with zero attached hydrogens (tertiary/aromatic N) is 1. The minimum atomic E-state index is 0.595. The molecule has 3 rings (SSSR count). The van der Waals surface area contributed by atoms with Crippen LogP contribution in [-0.4, -0.2) is 12.0 Å². The summed E-state index contributed by atoms with van der Waals surface area (Å²) in [7, 11) is 1.91. The number of rotatable bonds is 3. The van der Waals surface area contributed by atoms with Gasteiger partial charge in [-0.15, -0.1) is 0 Å². The molecule has 1 aromatic heterocycles. The van der Waals surface area contributed by atoms with E-state index >= 15 is 0 Å². The maximum atomic E-state index is 5.91. The lowest BCUT2D eigenvalue weighted by atomic mass is 10.1. The lowest BCUT2D eigenvalue weighted by molar-refractivity contribution is 0.469. The molecule has 0 aliphatic heterocycles. The van der Waals surface area contributed by atoms with Gasteiger partial charge in [-0.3, -0.25) is 0 Å². The Morgan fingerprint density at radius 3 is 2.57 bits per heavy atom. The highest BCUT2D eigenvalue weighted by molar-refractivity contribution is 5.99. The molecule has 0 aliphatic rings. The highest BCUT2D eigenvalue weighted by Crippen LogP contribution is 2.33. The second kappa shape index (κ2) is 5.32. The monoisotopic (exact) mass is 279 g/mol. The van der Waals surface area contributed by atoms with E-state index < -0.39 is 0 Å². The largest absolute Gasteiger partial charge is 0.438 e. The van der Waals surface area contributed by atoms with Gasteiger partial charge in [0.2, 0.25) is 5.88 Å². The number of ether oxygens (including phenoxy) is 1. The van der Waals surface area contributed by atoms with Gasteiger partial charge in [-0.1, -0.05) is 6.07 Å². The van der Waals surface area contributed by atoms with Crippen molar-refractivity contribution in [1.82, 2.24) is 4.98 Å². The highest BCUT2D eigenvalue weighted by Gasteiger charge is 2.10. The molecule has 0 saturated heterocycles. The molecule has 1 heterocycles. The molecule has 4 nitrogen and oxygen atoms in total. The first kappa shape index (κ1) is 13.2. The summed E-state index contributed by atoms with van der Waals surface area (Å²) >= 11 is 0. The predicted octanol–water partition coefficient (Wildman–Crippen LogP) is 3.96. The van der Waals surface area contributed by atoms with Crippen LogP contribution in [0.4, 0.5) is 11.4 Å². The smallest absolute Gasteiger partial charge is 0.227 e. The van der Waals surface area contributed by atoms with Crippen LogP contribution in [0, 0.1) is 6.92 Å². The third kappa shape index (κ3) is 2.48. The van der Waals surface area contributed by atoms with E-state index in [1.54, 1.807) is 0 Å². The standard InChI is InChI=1S/C17H17N3O/c1-11-10-20-17(21-13-8-6-12(18)7-9-13)14-4-3-5-15(19-2)16(11)14/h3-10,19H,18H2,1-2H3. The summed E-state index contributed by atoms with van der Waals surface area (Å²) in [5, 5.41) is 5.32. The lowest BCUT2D eigenvalue weighted by Gasteiger charge is -2.12. The summed E-state index contributed by atoms with van der Waals surface area (Å²) in [4.78, 5) is 4.42. The average Bonchev–Trinajstić information content (AvgIpc) is 2.51. The molecule has 0 saturated carbocycles. The number of aromatic nitrogens is 1. The minimum Gasteiger partial charge on any atom is -0.438 e. The van der Waals surface area contributed by atoms with Crippen LogP contribution in [-0.2, 0) is 0 Å². The van der Waals surface area contributed by atoms with Crippen molar-refractivity contribution in [3.8, 4) is 11.6 Å². The van der Waals surface area contributed by atoms with Crippen molar-refractivity contribution in [2.45, 2.75) is 6.92 Å². The minimum absolute atomic E-state index is 0.595. The van der Waals surface area contributed by atoms with Crippen molar-refractivity contribution in [3.05, 3.63) is 54.2 Å². The molecule has 0 atom stereocenters. The number of nitrogens with one attached hydrogen (secondary N) is 1. The van der Waals surface area contributed by atoms with Gasteiger partial charge in [0.25, 0.3) is 0 Å². The molecule has 0 aliphatic carbocycles. The van der Waals surface area contributed by atoms with Crippen LogP contribution in [0.3, 0.4) is 0 Å². The molecule has 2 aromatic carbocycles.